The second-order valence-corrected chi connectivity index (χ2v) is 5.12. The van der Waals surface area contributed by atoms with Crippen molar-refractivity contribution >= 4 is 16.9 Å². The van der Waals surface area contributed by atoms with Crippen LogP contribution in [0.5, 0.6) is 0 Å². The first kappa shape index (κ1) is 15.5. The molecule has 0 atom stereocenters. The second kappa shape index (κ2) is 7.25. The number of nitrogens with zero attached hydrogens (tertiary/aromatic N) is 2. The van der Waals surface area contributed by atoms with Crippen molar-refractivity contribution in [3.63, 3.8) is 0 Å². The normalized spacial score (nSPS) is 10.0. The molecule has 0 aliphatic heterocycles. The zero-order chi connectivity index (χ0) is 16.8. The van der Waals surface area contributed by atoms with Gasteiger partial charge in [0, 0.05) is 5.56 Å². The third-order valence-electron chi connectivity index (χ3n) is 3.43. The third kappa shape index (κ3) is 3.68. The lowest BCUT2D eigenvalue weighted by Gasteiger charge is -2.08. The van der Waals surface area contributed by atoms with Gasteiger partial charge < -0.3 is 5.32 Å². The Morgan fingerprint density at radius 2 is 1.83 bits per heavy atom. The van der Waals surface area contributed by atoms with Gasteiger partial charge in [0.25, 0.3) is 5.56 Å². The molecule has 0 fully saturated rings. The molecule has 3 aromatic rings. The summed E-state index contributed by atoms with van der Waals surface area (Å²) in [7, 11) is 0. The van der Waals surface area contributed by atoms with E-state index >= 15 is 0 Å². The summed E-state index contributed by atoms with van der Waals surface area (Å²) >= 11 is 0. The van der Waals surface area contributed by atoms with Crippen LogP contribution in [-0.4, -0.2) is 22.0 Å². The van der Waals surface area contributed by atoms with Crippen LogP contribution in [0.3, 0.4) is 0 Å². The van der Waals surface area contributed by atoms with Gasteiger partial charge in [-0.15, -0.1) is 0 Å². The van der Waals surface area contributed by atoms with Gasteiger partial charge in [0.2, 0.25) is 5.91 Å². The average Bonchev–Trinajstić information content (AvgIpc) is 2.62. The third-order valence-corrected chi connectivity index (χ3v) is 3.43. The molecular weight excluding hydrogens is 302 g/mol. The average molecular weight is 317 g/mol. The lowest BCUT2D eigenvalue weighted by molar-refractivity contribution is -0.121. The molecule has 0 saturated heterocycles. The highest BCUT2D eigenvalue weighted by Crippen LogP contribution is 2.07. The highest BCUT2D eigenvalue weighted by molar-refractivity contribution is 5.80. The smallest absolute Gasteiger partial charge is 0.269 e. The maximum absolute atomic E-state index is 12.1. The SMILES string of the molecule is O=C(Cn1c(=O)cnc2ccccc21)NCC#Cc1ccccc1. The summed E-state index contributed by atoms with van der Waals surface area (Å²) in [5.41, 5.74) is 1.90. The Kier molecular flexibility index (Phi) is 4.68. The minimum Gasteiger partial charge on any atom is -0.344 e. The number of carbonyl (C=O) groups is 1. The van der Waals surface area contributed by atoms with Gasteiger partial charge >= 0.3 is 0 Å². The van der Waals surface area contributed by atoms with Crippen LogP contribution in [0.2, 0.25) is 0 Å². The van der Waals surface area contributed by atoms with E-state index in [1.54, 1.807) is 12.1 Å². The number of carbonyl (C=O) groups excluding carboxylic acids is 1. The van der Waals surface area contributed by atoms with Crippen molar-refractivity contribution in [2.75, 3.05) is 6.54 Å². The first-order valence-electron chi connectivity index (χ1n) is 7.49. The number of hydrogen-bond donors (Lipinski definition) is 1. The Labute approximate surface area is 139 Å². The quantitative estimate of drug-likeness (QED) is 0.746. The topological polar surface area (TPSA) is 64.0 Å². The largest absolute Gasteiger partial charge is 0.344 e. The number of aromatic nitrogens is 2. The van der Waals surface area contributed by atoms with Crippen molar-refractivity contribution in [3.8, 4) is 11.8 Å². The highest BCUT2D eigenvalue weighted by Gasteiger charge is 2.07. The molecule has 5 nitrogen and oxygen atoms in total. The van der Waals surface area contributed by atoms with E-state index in [4.69, 9.17) is 0 Å². The van der Waals surface area contributed by atoms with E-state index in [0.717, 1.165) is 5.56 Å². The van der Waals surface area contributed by atoms with Crippen molar-refractivity contribution < 1.29 is 4.79 Å². The zero-order valence-corrected chi connectivity index (χ0v) is 12.9. The lowest BCUT2D eigenvalue weighted by atomic mass is 10.2. The predicted octanol–water partition coefficient (Wildman–Crippen LogP) is 1.56. The molecule has 0 spiro atoms. The van der Waals surface area contributed by atoms with Crippen molar-refractivity contribution in [2.45, 2.75) is 6.54 Å². The molecule has 0 bridgehead atoms. The summed E-state index contributed by atoms with van der Waals surface area (Å²) in [6, 6.07) is 16.7. The number of para-hydroxylation sites is 2. The second-order valence-electron chi connectivity index (χ2n) is 5.12. The molecule has 5 heteroatoms. The minimum absolute atomic E-state index is 0.0606. The van der Waals surface area contributed by atoms with E-state index in [1.165, 1.54) is 10.8 Å². The summed E-state index contributed by atoms with van der Waals surface area (Å²) in [4.78, 5) is 28.1. The van der Waals surface area contributed by atoms with E-state index in [9.17, 15) is 9.59 Å². The van der Waals surface area contributed by atoms with Gasteiger partial charge in [0.1, 0.15) is 6.54 Å². The van der Waals surface area contributed by atoms with Crippen molar-refractivity contribution in [3.05, 3.63) is 76.7 Å². The molecule has 0 saturated carbocycles. The van der Waals surface area contributed by atoms with Crippen LogP contribution in [0.1, 0.15) is 5.56 Å². The number of amides is 1. The van der Waals surface area contributed by atoms with Crippen molar-refractivity contribution in [2.24, 2.45) is 0 Å². The van der Waals surface area contributed by atoms with Crippen LogP contribution in [0.4, 0.5) is 0 Å². The van der Waals surface area contributed by atoms with E-state index in [2.05, 4.69) is 22.1 Å². The molecule has 0 aliphatic carbocycles. The number of hydrogen-bond acceptors (Lipinski definition) is 3. The number of benzene rings is 2. The van der Waals surface area contributed by atoms with Crippen LogP contribution in [0.15, 0.2) is 65.6 Å². The molecule has 1 amide bonds. The molecule has 1 aromatic heterocycles. The zero-order valence-electron chi connectivity index (χ0n) is 12.9. The molecule has 0 aliphatic rings. The first-order chi connectivity index (χ1) is 11.7. The van der Waals surface area contributed by atoms with Crippen LogP contribution >= 0.6 is 0 Å². The lowest BCUT2D eigenvalue weighted by Crippen LogP contribution is -2.32. The molecule has 2 aromatic carbocycles. The summed E-state index contributed by atoms with van der Waals surface area (Å²) in [6.07, 6.45) is 1.23. The standard InChI is InChI=1S/C19H15N3O2/c23-18(20-12-6-9-15-7-2-1-3-8-15)14-22-17-11-5-4-10-16(17)21-13-19(22)24/h1-5,7-8,10-11,13H,12,14H2,(H,20,23). The molecule has 1 heterocycles. The van der Waals surface area contributed by atoms with Crippen LogP contribution in [0, 0.1) is 11.8 Å². The molecule has 0 radical (unpaired) electrons. The fraction of sp³-hybridized carbons (Fsp3) is 0.105. The maximum atomic E-state index is 12.1. The Balaban J connectivity index is 1.67. The van der Waals surface area contributed by atoms with Crippen LogP contribution in [0.25, 0.3) is 11.0 Å². The van der Waals surface area contributed by atoms with E-state index < -0.39 is 0 Å². The molecule has 24 heavy (non-hydrogen) atoms. The summed E-state index contributed by atoms with van der Waals surface area (Å²) < 4.78 is 1.41. The van der Waals surface area contributed by atoms with Gasteiger partial charge in [-0.2, -0.15) is 0 Å². The number of nitrogens with one attached hydrogen (secondary N) is 1. The molecule has 1 N–H and O–H groups in total. The van der Waals surface area contributed by atoms with E-state index in [0.29, 0.717) is 11.0 Å². The Bertz CT molecular complexity index is 982. The summed E-state index contributed by atoms with van der Waals surface area (Å²) in [6.45, 7) is 0.167. The van der Waals surface area contributed by atoms with Gasteiger partial charge in [0.15, 0.2) is 0 Å². The molecular formula is C19H15N3O2. The summed E-state index contributed by atoms with van der Waals surface area (Å²) in [5.74, 6) is 5.58. The molecule has 0 unspecified atom stereocenters. The fourth-order valence-corrected chi connectivity index (χ4v) is 2.29. The Hall–Kier alpha value is -3.39. The predicted molar refractivity (Wildman–Crippen MR) is 92.3 cm³/mol. The van der Waals surface area contributed by atoms with Gasteiger partial charge in [-0.1, -0.05) is 42.2 Å². The minimum atomic E-state index is -0.306. The molecule has 3 rings (SSSR count). The Morgan fingerprint density at radius 3 is 2.67 bits per heavy atom. The highest BCUT2D eigenvalue weighted by atomic mass is 16.2. The van der Waals surface area contributed by atoms with Crippen molar-refractivity contribution in [1.29, 1.82) is 0 Å². The number of rotatable bonds is 3. The van der Waals surface area contributed by atoms with Gasteiger partial charge in [-0.3, -0.25) is 14.2 Å². The maximum Gasteiger partial charge on any atom is 0.269 e. The van der Waals surface area contributed by atoms with Gasteiger partial charge in [-0.05, 0) is 24.3 Å². The van der Waals surface area contributed by atoms with E-state index in [-0.39, 0.29) is 24.6 Å². The van der Waals surface area contributed by atoms with E-state index in [1.807, 2.05) is 42.5 Å². The van der Waals surface area contributed by atoms with Crippen LogP contribution < -0.4 is 10.9 Å². The first-order valence-corrected chi connectivity index (χ1v) is 7.49. The van der Waals surface area contributed by atoms with Gasteiger partial charge in [-0.25, -0.2) is 4.98 Å². The fourth-order valence-electron chi connectivity index (χ4n) is 2.29. The number of fused-ring (bicyclic) bond motifs is 1. The monoisotopic (exact) mass is 317 g/mol. The summed E-state index contributed by atoms with van der Waals surface area (Å²) in [5, 5.41) is 2.70. The van der Waals surface area contributed by atoms with Crippen molar-refractivity contribution in [1.82, 2.24) is 14.9 Å². The van der Waals surface area contributed by atoms with Crippen LogP contribution in [-0.2, 0) is 11.3 Å². The Morgan fingerprint density at radius 1 is 1.08 bits per heavy atom. The molecule has 118 valence electrons. The van der Waals surface area contributed by atoms with Gasteiger partial charge in [0.05, 0.1) is 23.8 Å².